The standard InChI is InChI=1S/C16H15ClN4O2/c1-9-5-13(21-14(22)6-17)15(20-8-9)16(23)10-3-2-4-12(19)11(10)7-18/h2-5,7-8,18H,6,19H2,1H3,(H,21,22). The number of alkyl halides is 1. The summed E-state index contributed by atoms with van der Waals surface area (Å²) in [5.41, 5.74) is 7.82. The molecule has 0 unspecified atom stereocenters. The summed E-state index contributed by atoms with van der Waals surface area (Å²) in [6.45, 7) is 1.79. The number of halogens is 1. The first-order valence-corrected chi connectivity index (χ1v) is 7.27. The molecule has 2 aromatic rings. The van der Waals surface area contributed by atoms with E-state index in [2.05, 4.69) is 10.3 Å². The summed E-state index contributed by atoms with van der Waals surface area (Å²) in [6.07, 6.45) is 2.55. The zero-order valence-electron chi connectivity index (χ0n) is 12.4. The Morgan fingerprint density at radius 3 is 2.83 bits per heavy atom. The SMILES string of the molecule is Cc1cnc(C(=O)c2cccc(N)c2C=N)c(NC(=O)CCl)c1. The Balaban J connectivity index is 2.54. The van der Waals surface area contributed by atoms with E-state index >= 15 is 0 Å². The quantitative estimate of drug-likeness (QED) is 0.338. The van der Waals surface area contributed by atoms with Crippen LogP contribution in [0.3, 0.4) is 0 Å². The number of anilines is 2. The highest BCUT2D eigenvalue weighted by Crippen LogP contribution is 2.22. The van der Waals surface area contributed by atoms with Crippen LogP contribution in [0, 0.1) is 12.3 Å². The molecule has 4 N–H and O–H groups in total. The average Bonchev–Trinajstić information content (AvgIpc) is 2.54. The number of nitrogen functional groups attached to an aromatic ring is 1. The molecule has 1 amide bonds. The lowest BCUT2D eigenvalue weighted by molar-refractivity contribution is -0.113. The first-order valence-electron chi connectivity index (χ1n) is 6.74. The summed E-state index contributed by atoms with van der Waals surface area (Å²) in [4.78, 5) is 28.4. The molecular weight excluding hydrogens is 316 g/mol. The fourth-order valence-corrected chi connectivity index (χ4v) is 2.17. The molecular formula is C16H15ClN4O2. The van der Waals surface area contributed by atoms with Gasteiger partial charge in [0.2, 0.25) is 11.7 Å². The molecule has 0 aliphatic rings. The molecule has 0 bridgehead atoms. The van der Waals surface area contributed by atoms with Crippen LogP contribution in [0.1, 0.15) is 27.2 Å². The molecule has 7 heteroatoms. The Morgan fingerprint density at radius 2 is 2.17 bits per heavy atom. The molecule has 6 nitrogen and oxygen atoms in total. The van der Waals surface area contributed by atoms with Crippen molar-refractivity contribution in [1.29, 1.82) is 5.41 Å². The van der Waals surface area contributed by atoms with E-state index in [1.54, 1.807) is 31.2 Å². The van der Waals surface area contributed by atoms with Gasteiger partial charge in [0.05, 0.1) is 5.69 Å². The third-order valence-corrected chi connectivity index (χ3v) is 3.41. The number of carbonyl (C=O) groups is 2. The van der Waals surface area contributed by atoms with Gasteiger partial charge in [-0.25, -0.2) is 0 Å². The normalized spacial score (nSPS) is 10.2. The van der Waals surface area contributed by atoms with Crippen LogP contribution in [0.15, 0.2) is 30.5 Å². The summed E-state index contributed by atoms with van der Waals surface area (Å²) in [6, 6.07) is 6.44. The Morgan fingerprint density at radius 1 is 1.43 bits per heavy atom. The predicted molar refractivity (Wildman–Crippen MR) is 90.5 cm³/mol. The average molecular weight is 331 g/mol. The number of ketones is 1. The van der Waals surface area contributed by atoms with Crippen molar-refractivity contribution in [3.63, 3.8) is 0 Å². The van der Waals surface area contributed by atoms with Crippen LogP contribution in [-0.4, -0.2) is 28.8 Å². The molecule has 0 saturated carbocycles. The minimum absolute atomic E-state index is 0.0720. The monoisotopic (exact) mass is 330 g/mol. The minimum Gasteiger partial charge on any atom is -0.398 e. The smallest absolute Gasteiger partial charge is 0.239 e. The number of pyridine rings is 1. The van der Waals surface area contributed by atoms with Crippen LogP contribution in [0.25, 0.3) is 0 Å². The molecule has 0 aliphatic heterocycles. The van der Waals surface area contributed by atoms with E-state index in [0.717, 1.165) is 11.8 Å². The van der Waals surface area contributed by atoms with E-state index in [9.17, 15) is 9.59 Å². The van der Waals surface area contributed by atoms with E-state index in [1.165, 1.54) is 6.20 Å². The maximum atomic E-state index is 12.8. The van der Waals surface area contributed by atoms with Gasteiger partial charge >= 0.3 is 0 Å². The Kier molecular flexibility index (Phi) is 5.08. The maximum Gasteiger partial charge on any atom is 0.239 e. The molecule has 0 fully saturated rings. The van der Waals surface area contributed by atoms with Crippen molar-refractivity contribution >= 4 is 40.9 Å². The highest BCUT2D eigenvalue weighted by Gasteiger charge is 2.20. The van der Waals surface area contributed by atoms with E-state index in [-0.39, 0.29) is 22.8 Å². The van der Waals surface area contributed by atoms with Crippen LogP contribution in [0.4, 0.5) is 11.4 Å². The number of rotatable bonds is 5. The van der Waals surface area contributed by atoms with Gasteiger partial charge in [-0.15, -0.1) is 11.6 Å². The van der Waals surface area contributed by atoms with Crippen molar-refractivity contribution in [2.24, 2.45) is 0 Å². The maximum absolute atomic E-state index is 12.8. The van der Waals surface area contributed by atoms with E-state index < -0.39 is 11.7 Å². The number of aryl methyl sites for hydroxylation is 1. The fourth-order valence-electron chi connectivity index (χ4n) is 2.10. The molecule has 0 spiro atoms. The number of nitrogens with one attached hydrogen (secondary N) is 2. The zero-order chi connectivity index (χ0) is 17.0. The first kappa shape index (κ1) is 16.6. The molecule has 0 saturated heterocycles. The van der Waals surface area contributed by atoms with Gasteiger partial charge in [-0.05, 0) is 24.6 Å². The van der Waals surface area contributed by atoms with Gasteiger partial charge in [0.1, 0.15) is 11.6 Å². The second kappa shape index (κ2) is 7.02. The summed E-state index contributed by atoms with van der Waals surface area (Å²) < 4.78 is 0. The van der Waals surface area contributed by atoms with Gasteiger partial charge < -0.3 is 16.5 Å². The highest BCUT2D eigenvalue weighted by molar-refractivity contribution is 6.29. The highest BCUT2D eigenvalue weighted by atomic mass is 35.5. The minimum atomic E-state index is -0.437. The molecule has 1 aromatic carbocycles. The van der Waals surface area contributed by atoms with E-state index in [0.29, 0.717) is 11.3 Å². The lowest BCUT2D eigenvalue weighted by Gasteiger charge is -2.12. The Hall–Kier alpha value is -2.73. The lowest BCUT2D eigenvalue weighted by Crippen LogP contribution is -2.18. The third-order valence-electron chi connectivity index (χ3n) is 3.16. The molecule has 1 heterocycles. The van der Waals surface area contributed by atoms with Gasteiger partial charge in [-0.3, -0.25) is 14.6 Å². The van der Waals surface area contributed by atoms with Gasteiger partial charge in [0.25, 0.3) is 0 Å². The van der Waals surface area contributed by atoms with Crippen molar-refractivity contribution in [2.75, 3.05) is 16.9 Å². The number of aromatic nitrogens is 1. The van der Waals surface area contributed by atoms with Crippen molar-refractivity contribution in [3.8, 4) is 0 Å². The van der Waals surface area contributed by atoms with Crippen LogP contribution >= 0.6 is 11.6 Å². The van der Waals surface area contributed by atoms with Gasteiger partial charge in [0.15, 0.2) is 0 Å². The van der Waals surface area contributed by atoms with Crippen LogP contribution in [0.5, 0.6) is 0 Å². The largest absolute Gasteiger partial charge is 0.398 e. The van der Waals surface area contributed by atoms with Crippen molar-refractivity contribution < 1.29 is 9.59 Å². The fraction of sp³-hybridized carbons (Fsp3) is 0.125. The summed E-state index contributed by atoms with van der Waals surface area (Å²) in [5.74, 6) is -1.10. The number of hydrogen-bond acceptors (Lipinski definition) is 5. The molecule has 2 rings (SSSR count). The summed E-state index contributed by atoms with van der Waals surface area (Å²) >= 11 is 5.50. The van der Waals surface area contributed by atoms with Crippen LogP contribution < -0.4 is 11.1 Å². The molecule has 0 atom stereocenters. The number of nitrogens with two attached hydrogens (primary N) is 1. The predicted octanol–water partition coefficient (Wildman–Crippen LogP) is 2.38. The van der Waals surface area contributed by atoms with Crippen molar-refractivity contribution in [1.82, 2.24) is 4.98 Å². The van der Waals surface area contributed by atoms with Gasteiger partial charge in [0, 0.05) is 29.2 Å². The Bertz CT molecular complexity index is 790. The topological polar surface area (TPSA) is 109 Å². The Labute approximate surface area is 138 Å². The second-order valence-electron chi connectivity index (χ2n) is 4.87. The number of carbonyl (C=O) groups excluding carboxylic acids is 2. The number of amides is 1. The first-order chi connectivity index (χ1) is 11.0. The van der Waals surface area contributed by atoms with E-state index in [1.807, 2.05) is 0 Å². The van der Waals surface area contributed by atoms with Crippen LogP contribution in [0.2, 0.25) is 0 Å². The molecule has 0 aliphatic carbocycles. The second-order valence-corrected chi connectivity index (χ2v) is 5.14. The number of hydrogen-bond donors (Lipinski definition) is 3. The van der Waals surface area contributed by atoms with Crippen molar-refractivity contribution in [2.45, 2.75) is 6.92 Å². The lowest BCUT2D eigenvalue weighted by atomic mass is 9.99. The molecule has 23 heavy (non-hydrogen) atoms. The van der Waals surface area contributed by atoms with Gasteiger partial charge in [-0.1, -0.05) is 12.1 Å². The van der Waals surface area contributed by atoms with Gasteiger partial charge in [-0.2, -0.15) is 0 Å². The third kappa shape index (κ3) is 3.54. The summed E-state index contributed by atoms with van der Waals surface area (Å²) in [5, 5.41) is 10.0. The van der Waals surface area contributed by atoms with Crippen molar-refractivity contribution in [3.05, 3.63) is 52.8 Å². The van der Waals surface area contributed by atoms with Crippen LogP contribution in [-0.2, 0) is 4.79 Å². The van der Waals surface area contributed by atoms with E-state index in [4.69, 9.17) is 22.7 Å². The zero-order valence-corrected chi connectivity index (χ0v) is 13.1. The molecule has 118 valence electrons. The summed E-state index contributed by atoms with van der Waals surface area (Å²) in [7, 11) is 0. The number of benzene rings is 1. The molecule has 1 aromatic heterocycles. The molecule has 0 radical (unpaired) electrons. The number of nitrogens with zero attached hydrogens (tertiary/aromatic N) is 1.